The maximum atomic E-state index is 14.4. The van der Waals surface area contributed by atoms with Crippen molar-refractivity contribution in [1.82, 2.24) is 49.0 Å². The molecule has 15 aliphatic heterocycles. The number of carbonyl (C=O) groups is 5. The Balaban J connectivity index is 0.000000133. The number of methoxy groups -OCH3 is 2. The number of benzene rings is 5. The molecule has 14 atom stereocenters. The number of alkyl halides is 9. The van der Waals surface area contributed by atoms with Crippen molar-refractivity contribution in [2.45, 2.75) is 191 Å². The number of aryl methyl sites for hydroxylation is 3. The van der Waals surface area contributed by atoms with Crippen LogP contribution in [0, 0.1) is 94.8 Å². The van der Waals surface area contributed by atoms with Crippen LogP contribution in [0.2, 0.25) is 0 Å². The van der Waals surface area contributed by atoms with E-state index in [0.717, 1.165) is 179 Å². The quantitative estimate of drug-likeness (QED) is 0.0674. The second-order valence-corrected chi connectivity index (χ2v) is 43.6. The minimum atomic E-state index is -4.81. The monoisotopic (exact) mass is 2100 g/mol. The summed E-state index contributed by atoms with van der Waals surface area (Å²) in [5.74, 6) is -1.75. The van der Waals surface area contributed by atoms with Crippen LogP contribution in [0.15, 0.2) is 152 Å². The number of amides is 10. The molecule has 0 aromatic heterocycles. The van der Waals surface area contributed by atoms with Gasteiger partial charge in [0, 0.05) is 188 Å². The molecule has 5 aromatic carbocycles. The number of hydrogen-bond acceptors (Lipinski definition) is 12. The summed E-state index contributed by atoms with van der Waals surface area (Å²) in [6, 6.07) is 17.9. The minimum absolute atomic E-state index is 0.00568. The lowest BCUT2D eigenvalue weighted by molar-refractivity contribution is -0.139. The first-order valence-electron chi connectivity index (χ1n) is 57.0. The van der Waals surface area contributed by atoms with Crippen molar-refractivity contribution >= 4 is 30.2 Å². The van der Waals surface area contributed by atoms with Crippen LogP contribution in [0.5, 0.6) is 11.5 Å². The lowest BCUT2D eigenvalue weighted by Crippen LogP contribution is -2.66. The Bertz CT molecular complexity index is 6040. The van der Waals surface area contributed by atoms with E-state index in [4.69, 9.17) is 42.1 Å². The Hall–Kier alpha value is -10.4. The van der Waals surface area contributed by atoms with Crippen LogP contribution in [0.25, 0.3) is 0 Å². The first kappa shape index (κ1) is 96.0. The zero-order chi connectivity index (χ0) is 113. The van der Waals surface area contributed by atoms with Crippen LogP contribution in [0.4, 0.5) is 81.0 Å². The lowest BCUT2D eigenvalue weighted by Gasteiger charge is -2.60. The Morgan fingerprint density at radius 2 is 0.730 bits per heavy atom. The fraction of sp³-hybridized carbons (Fsp3) is 0.602. The fourth-order valence-corrected chi connectivity index (χ4v) is 24.3. The molecule has 0 radical (unpaired) electrons. The topological polar surface area (TPSA) is 182 Å². The van der Waals surface area contributed by atoms with E-state index < -0.39 is 110 Å². The first-order chi connectivity index (χ1) is 74.6. The van der Waals surface area contributed by atoms with Gasteiger partial charge in [-0.25, -0.2) is 41.5 Å². The molecule has 15 heterocycles. The molecular weight excluding hydrogens is 1940 g/mol. The third kappa shape index (κ3) is 26.3. The number of halogens is 13. The molecule has 16 fully saturated rings. The van der Waals surface area contributed by atoms with Gasteiger partial charge in [-0.1, -0.05) is 97.2 Å². The van der Waals surface area contributed by atoms with Gasteiger partial charge in [-0.2, -0.15) is 39.5 Å². The fourth-order valence-electron chi connectivity index (χ4n) is 24.3. The molecule has 148 heavy (non-hydrogen) atoms. The summed E-state index contributed by atoms with van der Waals surface area (Å²) < 4.78 is 292. The number of carbonyl (C=O) groups excluding carboxylic acids is 5. The van der Waals surface area contributed by atoms with Gasteiger partial charge in [0.15, 0.2) is 0 Å². The van der Waals surface area contributed by atoms with Crippen molar-refractivity contribution in [3.8, 4) is 11.5 Å². The molecular formula is C113H141F13N10O12. The van der Waals surface area contributed by atoms with Crippen molar-refractivity contribution in [2.24, 2.45) is 64.6 Å². The van der Waals surface area contributed by atoms with Gasteiger partial charge in [0.2, 0.25) is 0 Å². The van der Waals surface area contributed by atoms with E-state index >= 15 is 0 Å². The Kier molecular flexibility index (Phi) is 30.4. The molecule has 1 spiro atoms. The lowest BCUT2D eigenvalue weighted by atomic mass is 9.56. The SMILES string of the molecule is C=C1CO[C@H]2CCN([11C](=O)N3CC(CCc4c(F)cccc4C(F)(F)F)C3)C[C@H]2C1.[3H]C([3H])([3H])Oc1ccc(CCC2CN(C(=O)N3CC[C@@H]4OCC(=C)C[C@@H]4C3)C2)c(C(F)(F)F)c1.[3H]C([3H])([3H])Oc1cccc(F)c1CC1CC2(C1)CN(C(=O)N1CC[C@@H]3OCC(=C)C[C@@H]3C1)C2.[3H]C(c1c(F)cccc1C(F)(F)F)C([3H])C1CN(C(=O)N2CC[C@@H]3OCC(=C)C[C@@H]3C2)C1.[3H]C(c1ccc(C)cc1F)C([3H])C1CN(C(=O)N2CC[C@@H]3OCC(=C)C[C@@H]3C2)C1. The number of likely N-dealkylation sites (tertiary alicyclic amines) is 10. The molecule has 35 heteroatoms. The third-order valence-corrected chi connectivity index (χ3v) is 32.3. The van der Waals surface area contributed by atoms with Gasteiger partial charge < -0.3 is 82.2 Å². The van der Waals surface area contributed by atoms with Crippen LogP contribution in [0.1, 0.15) is 166 Å². The number of urea groups is 5. The zero-order valence-corrected chi connectivity index (χ0v) is 83.6. The van der Waals surface area contributed by atoms with Gasteiger partial charge in [-0.15, -0.1) is 0 Å². The first-order valence-corrected chi connectivity index (χ1v) is 51.7. The largest absolute Gasteiger partial charge is 0.497 e. The standard InChI is InChI=1S/C24H31FN2O3.C23H29F3N2O3.2C22H26F4N2O2.C22H29FN2O2/c1-16-8-18-12-26(7-6-21(18)30-13-16)23(28)27-14-24(15-27)10-17(11-24)9-19-20(25)4-3-5-22(19)29-2;1-15-9-18-13-27(8-7-21(18)31-14-15)22(29)28-11-16(12-28)3-4-17-5-6-19(30-2)10-20(17)23(24,25)26;2*1-14-9-16-12-27(8-7-20(16)30-13-14)21(29)28-10-15(11-28)5-6-17-18(22(24,25)26)3-2-4-19(17)23;1-15-3-5-18(20(23)10-15)6-4-17-11-25(12-17)22(26)24-8-7-21-19(13-24)9-16(2)14-27-21/h3-5,17-18,21H,1,6-15H2,2H3;5-6,10,16,18,21H,1,3-4,7-9,11-14H2,2H3;2*2-4,15-16,20H,1,5-13H2;3,5,10,17,19,21H,2,4,6-9,11-14H2,1H3/t2*18-,21+;2*16-,20+;19-,21+/m11111/s1/i2*2T3;5T,6T;21-1;4T,6T/t2m;5?,6?,16-,20+;m;4?,6?,19-,21+. The van der Waals surface area contributed by atoms with Crippen LogP contribution >= 0.6 is 0 Å². The van der Waals surface area contributed by atoms with Gasteiger partial charge >= 0.3 is 48.7 Å². The van der Waals surface area contributed by atoms with Crippen molar-refractivity contribution in [3.05, 3.63) is 225 Å². The molecule has 15 saturated heterocycles. The second-order valence-electron chi connectivity index (χ2n) is 43.6. The van der Waals surface area contributed by atoms with Gasteiger partial charge in [-0.05, 0) is 243 Å². The van der Waals surface area contributed by atoms with Gasteiger partial charge in [0.05, 0.1) is 103 Å². The summed E-state index contributed by atoms with van der Waals surface area (Å²) in [5, 5.41) is 0. The summed E-state index contributed by atoms with van der Waals surface area (Å²) in [4.78, 5) is 82.4. The molecule has 21 rings (SSSR count). The highest BCUT2D eigenvalue weighted by atomic mass is 19.4. The van der Waals surface area contributed by atoms with E-state index in [1.54, 1.807) is 43.6 Å². The molecule has 806 valence electrons. The second kappa shape index (κ2) is 46.9. The smallest absolute Gasteiger partial charge is 0.416 e. The van der Waals surface area contributed by atoms with E-state index in [9.17, 15) is 81.0 Å². The van der Waals surface area contributed by atoms with E-state index in [-0.39, 0.29) is 162 Å². The van der Waals surface area contributed by atoms with E-state index in [2.05, 4.69) is 37.6 Å². The molecule has 0 bridgehead atoms. The van der Waals surface area contributed by atoms with E-state index in [1.807, 2.05) is 24.5 Å². The molecule has 4 unspecified atom stereocenters. The average Bonchev–Trinajstić information content (AvgIpc) is 0.726. The summed E-state index contributed by atoms with van der Waals surface area (Å²) in [6.07, 6.45) is -5.81. The average molecular weight is 2100 g/mol. The van der Waals surface area contributed by atoms with Gasteiger partial charge in [0.25, 0.3) is 0 Å². The number of fused-ring (bicyclic) bond motifs is 5. The maximum absolute atomic E-state index is 14.4. The van der Waals surface area contributed by atoms with E-state index in [0.29, 0.717) is 161 Å². The third-order valence-electron chi connectivity index (χ3n) is 32.3. The Morgan fingerprint density at radius 3 is 1.12 bits per heavy atom. The molecule has 1 saturated carbocycles. The summed E-state index contributed by atoms with van der Waals surface area (Å²) in [7, 11) is -5.43. The highest BCUT2D eigenvalue weighted by molar-refractivity contribution is 5.78. The van der Waals surface area contributed by atoms with Crippen LogP contribution in [0.3, 0.4) is 0 Å². The predicted molar refractivity (Wildman–Crippen MR) is 532 cm³/mol. The van der Waals surface area contributed by atoms with Crippen LogP contribution in [-0.2, 0) is 74.3 Å². The molecule has 10 amide bonds. The number of hydrogen-bond donors (Lipinski definition) is 0. The molecule has 5 aromatic rings. The maximum Gasteiger partial charge on any atom is 0.416 e. The summed E-state index contributed by atoms with van der Waals surface area (Å²) in [5.41, 5.74) is 2.83. The molecule has 0 N–H and O–H groups in total. The number of rotatable bonds is 16. The highest BCUT2D eigenvalue weighted by Gasteiger charge is 2.56. The Morgan fingerprint density at radius 1 is 0.378 bits per heavy atom. The number of piperidine rings is 5. The van der Waals surface area contributed by atoms with Crippen molar-refractivity contribution < 1.29 is 128 Å². The normalized spacial score (nSPS) is 27.8. The predicted octanol–water partition coefficient (Wildman–Crippen LogP) is 21.0. The minimum Gasteiger partial charge on any atom is -0.497 e. The summed E-state index contributed by atoms with van der Waals surface area (Å²) in [6.45, 7) is 36.2. The van der Waals surface area contributed by atoms with Gasteiger partial charge in [-0.3, -0.25) is 0 Å². The summed E-state index contributed by atoms with van der Waals surface area (Å²) >= 11 is 0. The molecule has 1 aliphatic carbocycles. The Labute approximate surface area is 873 Å². The van der Waals surface area contributed by atoms with Crippen LogP contribution < -0.4 is 9.47 Å². The van der Waals surface area contributed by atoms with Crippen molar-refractivity contribution in [1.29, 1.82) is 0 Å². The number of ether oxygens (including phenoxy) is 7. The van der Waals surface area contributed by atoms with Crippen molar-refractivity contribution in [2.75, 3.05) is 178 Å². The zero-order valence-electron chi connectivity index (χ0n) is 93.6. The van der Waals surface area contributed by atoms with Gasteiger partial charge in [0.1, 0.15) is 34.8 Å². The van der Waals surface area contributed by atoms with Crippen molar-refractivity contribution in [3.63, 3.8) is 0 Å². The van der Waals surface area contributed by atoms with Crippen LogP contribution in [-0.4, -0.2) is 288 Å². The highest BCUT2D eigenvalue weighted by Crippen LogP contribution is 2.54. The number of nitrogens with zero attached hydrogens (tertiary/aromatic N) is 10. The molecule has 22 nitrogen and oxygen atoms in total. The van der Waals surface area contributed by atoms with E-state index in [1.165, 1.54) is 36.4 Å². The molecule has 16 aliphatic rings.